The number of aliphatic imine (C=N–C) groups is 1. The minimum Gasteiger partial charge on any atom is -0.444 e. The van der Waals surface area contributed by atoms with Crippen LogP contribution in [0.1, 0.15) is 46.1 Å². The second kappa shape index (κ2) is 9.16. The lowest BCUT2D eigenvalue weighted by Crippen LogP contribution is -2.51. The van der Waals surface area contributed by atoms with Crippen molar-refractivity contribution < 1.29 is 9.53 Å². The van der Waals surface area contributed by atoms with Gasteiger partial charge >= 0.3 is 6.09 Å². The van der Waals surface area contributed by atoms with Crippen LogP contribution < -0.4 is 10.6 Å². The normalized spacial score (nSPS) is 22.7. The van der Waals surface area contributed by atoms with E-state index >= 15 is 0 Å². The lowest BCUT2D eigenvalue weighted by Gasteiger charge is -2.38. The number of alkyl carbamates (subject to hydrolysis) is 1. The molecular formula is C23H30Cl2N6O2. The third kappa shape index (κ3) is 5.62. The summed E-state index contributed by atoms with van der Waals surface area (Å²) < 4.78 is 7.31. The Morgan fingerprint density at radius 1 is 1.30 bits per heavy atom. The molecule has 0 aliphatic carbocycles. The number of hydrogen-bond donors (Lipinski definition) is 2. The van der Waals surface area contributed by atoms with Crippen LogP contribution in [0.2, 0.25) is 10.0 Å². The van der Waals surface area contributed by atoms with Crippen molar-refractivity contribution in [2.75, 3.05) is 13.1 Å². The summed E-state index contributed by atoms with van der Waals surface area (Å²) in [5, 5.41) is 12.3. The molecule has 2 aliphatic heterocycles. The van der Waals surface area contributed by atoms with Crippen LogP contribution in [0, 0.1) is 0 Å². The van der Waals surface area contributed by atoms with Crippen LogP contribution in [0.5, 0.6) is 0 Å². The number of benzene rings is 1. The van der Waals surface area contributed by atoms with Crippen LogP contribution in [0.25, 0.3) is 0 Å². The predicted molar refractivity (Wildman–Crippen MR) is 130 cm³/mol. The Labute approximate surface area is 204 Å². The number of aromatic nitrogens is 2. The van der Waals surface area contributed by atoms with E-state index in [0.29, 0.717) is 29.6 Å². The summed E-state index contributed by atoms with van der Waals surface area (Å²) in [6.45, 7) is 9.74. The molecule has 1 aromatic carbocycles. The van der Waals surface area contributed by atoms with E-state index in [-0.39, 0.29) is 12.1 Å². The van der Waals surface area contributed by atoms with Crippen LogP contribution in [0.4, 0.5) is 10.6 Å². The Morgan fingerprint density at radius 2 is 2.09 bits per heavy atom. The number of carbonyl (C=O) groups is 1. The van der Waals surface area contributed by atoms with Gasteiger partial charge in [-0.25, -0.2) is 14.5 Å². The molecule has 10 heteroatoms. The number of halogens is 2. The number of ether oxygens (including phenoxy) is 1. The summed E-state index contributed by atoms with van der Waals surface area (Å²) in [7, 11) is 0. The first-order valence-electron chi connectivity index (χ1n) is 11.1. The average Bonchev–Trinajstić information content (AvgIpc) is 3.35. The first-order valence-corrected chi connectivity index (χ1v) is 11.8. The van der Waals surface area contributed by atoms with Crippen molar-refractivity contribution in [3.05, 3.63) is 46.1 Å². The van der Waals surface area contributed by atoms with Gasteiger partial charge in [-0.2, -0.15) is 5.10 Å². The maximum absolute atomic E-state index is 12.2. The third-order valence-corrected chi connectivity index (χ3v) is 6.37. The lowest BCUT2D eigenvalue weighted by atomic mass is 10.0. The van der Waals surface area contributed by atoms with Crippen molar-refractivity contribution in [3.8, 4) is 0 Å². The van der Waals surface area contributed by atoms with Crippen LogP contribution in [-0.4, -0.2) is 51.3 Å². The number of rotatable bonds is 4. The number of likely N-dealkylation sites (tertiary alicyclic amines) is 1. The summed E-state index contributed by atoms with van der Waals surface area (Å²) >= 11 is 12.4. The standard InChI is InChI=1S/C23H30Cl2N6O2/c1-22(2,3)33-21(32)28-17-8-10-30(14-17)20-12-23(4,31-19(29-20)7-9-27-31)26-13-15-5-6-16(24)11-18(15)25/h5-7,9,11,17,26H,8,10,12-14H2,1-4H3,(H,28,32)/t17-,23?/m1/s1. The van der Waals surface area contributed by atoms with Crippen molar-refractivity contribution in [1.82, 2.24) is 25.3 Å². The Bertz CT molecular complexity index is 1060. The van der Waals surface area contributed by atoms with E-state index in [1.807, 2.05) is 43.7 Å². The van der Waals surface area contributed by atoms with Crippen molar-refractivity contribution in [2.24, 2.45) is 4.99 Å². The van der Waals surface area contributed by atoms with Gasteiger partial charge in [0.2, 0.25) is 0 Å². The maximum atomic E-state index is 12.2. The van der Waals surface area contributed by atoms with Crippen molar-refractivity contribution in [1.29, 1.82) is 0 Å². The van der Waals surface area contributed by atoms with E-state index in [0.717, 1.165) is 30.2 Å². The van der Waals surface area contributed by atoms with Crippen molar-refractivity contribution in [2.45, 2.75) is 64.4 Å². The fraction of sp³-hybridized carbons (Fsp3) is 0.522. The number of amides is 1. The number of hydrogen-bond acceptors (Lipinski definition) is 6. The molecule has 0 saturated carbocycles. The fourth-order valence-corrected chi connectivity index (χ4v) is 4.65. The van der Waals surface area contributed by atoms with Gasteiger partial charge in [0.1, 0.15) is 17.1 Å². The smallest absolute Gasteiger partial charge is 0.407 e. The topological polar surface area (TPSA) is 83.8 Å². The molecule has 1 fully saturated rings. The van der Waals surface area contributed by atoms with E-state index in [2.05, 4.69) is 27.6 Å². The van der Waals surface area contributed by atoms with Gasteiger partial charge in [0, 0.05) is 42.2 Å². The Morgan fingerprint density at radius 3 is 2.82 bits per heavy atom. The van der Waals surface area contributed by atoms with Crippen molar-refractivity contribution in [3.63, 3.8) is 0 Å². The molecule has 1 saturated heterocycles. The van der Waals surface area contributed by atoms with Crippen LogP contribution >= 0.6 is 23.2 Å². The Balaban J connectivity index is 1.45. The van der Waals surface area contributed by atoms with Gasteiger partial charge in [0.05, 0.1) is 12.2 Å². The second-order valence-electron chi connectivity index (χ2n) is 9.75. The third-order valence-electron chi connectivity index (χ3n) is 5.79. The van der Waals surface area contributed by atoms with Gasteiger partial charge in [-0.05, 0) is 51.8 Å². The highest BCUT2D eigenvalue weighted by molar-refractivity contribution is 6.35. The molecular weight excluding hydrogens is 463 g/mol. The Kier molecular flexibility index (Phi) is 6.62. The molecule has 0 spiro atoms. The molecule has 1 aromatic heterocycles. The minimum absolute atomic E-state index is 0.0153. The molecule has 2 N–H and O–H groups in total. The zero-order chi connectivity index (χ0) is 23.8. The second-order valence-corrected chi connectivity index (χ2v) is 10.6. The van der Waals surface area contributed by atoms with Crippen LogP contribution in [0.3, 0.4) is 0 Å². The molecule has 0 bridgehead atoms. The van der Waals surface area contributed by atoms with E-state index in [1.165, 1.54) is 0 Å². The summed E-state index contributed by atoms with van der Waals surface area (Å²) in [4.78, 5) is 19.3. The molecule has 1 unspecified atom stereocenters. The summed E-state index contributed by atoms with van der Waals surface area (Å²) in [5.74, 6) is 1.76. The molecule has 2 aromatic rings. The highest BCUT2D eigenvalue weighted by atomic mass is 35.5. The quantitative estimate of drug-likeness (QED) is 0.646. The summed E-state index contributed by atoms with van der Waals surface area (Å²) in [6, 6.07) is 7.43. The average molecular weight is 493 g/mol. The lowest BCUT2D eigenvalue weighted by molar-refractivity contribution is 0.0507. The molecule has 0 radical (unpaired) electrons. The van der Waals surface area contributed by atoms with Gasteiger partial charge < -0.3 is 15.0 Å². The predicted octanol–water partition coefficient (Wildman–Crippen LogP) is 4.69. The maximum Gasteiger partial charge on any atom is 0.407 e. The summed E-state index contributed by atoms with van der Waals surface area (Å²) in [6.07, 6.45) is 2.85. The number of amidine groups is 1. The Hall–Kier alpha value is -2.29. The van der Waals surface area contributed by atoms with E-state index in [4.69, 9.17) is 32.9 Å². The molecule has 1 amide bonds. The molecule has 2 atom stereocenters. The van der Waals surface area contributed by atoms with E-state index in [9.17, 15) is 4.79 Å². The van der Waals surface area contributed by atoms with Gasteiger partial charge in [-0.3, -0.25) is 5.32 Å². The molecule has 8 nitrogen and oxygen atoms in total. The number of nitrogens with zero attached hydrogens (tertiary/aromatic N) is 4. The molecule has 2 aliphatic rings. The van der Waals surface area contributed by atoms with E-state index in [1.54, 1.807) is 12.3 Å². The fourth-order valence-electron chi connectivity index (χ4n) is 4.17. The zero-order valence-electron chi connectivity index (χ0n) is 19.4. The monoisotopic (exact) mass is 492 g/mol. The SMILES string of the molecule is CC(C)(C)OC(=O)N[C@@H]1CCN(C2=Nc3ccnn3C(C)(NCc3ccc(Cl)cc3Cl)C2)C1. The van der Waals surface area contributed by atoms with Gasteiger partial charge in [-0.15, -0.1) is 0 Å². The van der Waals surface area contributed by atoms with E-state index < -0.39 is 11.3 Å². The molecule has 3 heterocycles. The van der Waals surface area contributed by atoms with Crippen LogP contribution in [-0.2, 0) is 16.9 Å². The van der Waals surface area contributed by atoms with Gasteiger partial charge in [-0.1, -0.05) is 29.3 Å². The van der Waals surface area contributed by atoms with Gasteiger partial charge in [0.15, 0.2) is 5.82 Å². The highest BCUT2D eigenvalue weighted by Crippen LogP contribution is 2.32. The van der Waals surface area contributed by atoms with Gasteiger partial charge in [0.25, 0.3) is 0 Å². The number of carbonyl (C=O) groups excluding carboxylic acids is 1. The summed E-state index contributed by atoms with van der Waals surface area (Å²) in [5.41, 5.74) is -0.0487. The highest BCUT2D eigenvalue weighted by Gasteiger charge is 2.38. The van der Waals surface area contributed by atoms with Crippen LogP contribution in [0.15, 0.2) is 35.5 Å². The number of fused-ring (bicyclic) bond motifs is 1. The molecule has 178 valence electrons. The first-order chi connectivity index (χ1) is 15.5. The molecule has 4 rings (SSSR count). The van der Waals surface area contributed by atoms with Crippen molar-refractivity contribution >= 4 is 40.9 Å². The molecule has 33 heavy (non-hydrogen) atoms. The zero-order valence-corrected chi connectivity index (χ0v) is 20.9. The first kappa shape index (κ1) is 23.9. The largest absolute Gasteiger partial charge is 0.444 e. The number of nitrogens with one attached hydrogen (secondary N) is 2. The minimum atomic E-state index is -0.519.